The van der Waals surface area contributed by atoms with E-state index in [9.17, 15) is 13.2 Å². The molecule has 0 unspecified atom stereocenters. The third kappa shape index (κ3) is 2.91. The highest BCUT2D eigenvalue weighted by atomic mass is 32.2. The molecule has 0 spiro atoms. The summed E-state index contributed by atoms with van der Waals surface area (Å²) in [6, 6.07) is 3.05. The molecule has 0 radical (unpaired) electrons. The fourth-order valence-electron chi connectivity index (χ4n) is 1.94. The lowest BCUT2D eigenvalue weighted by Gasteiger charge is -2.20. The summed E-state index contributed by atoms with van der Waals surface area (Å²) >= 11 is 0. The van der Waals surface area contributed by atoms with Crippen LogP contribution in [0.4, 0.5) is 0 Å². The highest BCUT2D eigenvalue weighted by molar-refractivity contribution is 7.89. The third-order valence-electron chi connectivity index (χ3n) is 2.93. The van der Waals surface area contributed by atoms with Gasteiger partial charge >= 0.3 is 0 Å². The van der Waals surface area contributed by atoms with E-state index in [0.717, 1.165) is 0 Å². The summed E-state index contributed by atoms with van der Waals surface area (Å²) < 4.78 is 26.3. The molecule has 104 valence electrons. The van der Waals surface area contributed by atoms with Gasteiger partial charge in [-0.05, 0) is 12.1 Å². The van der Waals surface area contributed by atoms with Crippen molar-refractivity contribution in [1.29, 1.82) is 0 Å². The van der Waals surface area contributed by atoms with Gasteiger partial charge < -0.3 is 11.1 Å². The first-order chi connectivity index (χ1) is 9.05. The van der Waals surface area contributed by atoms with E-state index in [-0.39, 0.29) is 36.9 Å². The Labute approximate surface area is 111 Å². The van der Waals surface area contributed by atoms with Crippen LogP contribution in [-0.2, 0) is 21.4 Å². The fraction of sp³-hybridized carbons (Fsp3) is 0.455. The van der Waals surface area contributed by atoms with Crippen molar-refractivity contribution in [2.45, 2.75) is 17.9 Å². The second-order valence-corrected chi connectivity index (χ2v) is 6.06. The van der Waals surface area contributed by atoms with E-state index in [1.54, 1.807) is 6.07 Å². The molecular weight excluding hydrogens is 268 g/mol. The third-order valence-corrected chi connectivity index (χ3v) is 4.90. The molecule has 19 heavy (non-hydrogen) atoms. The van der Waals surface area contributed by atoms with Gasteiger partial charge in [-0.1, -0.05) is 0 Å². The van der Waals surface area contributed by atoms with Crippen LogP contribution in [0.5, 0.6) is 0 Å². The van der Waals surface area contributed by atoms with Gasteiger partial charge in [0.05, 0.1) is 5.69 Å². The van der Waals surface area contributed by atoms with E-state index in [1.165, 1.54) is 16.6 Å². The Kier molecular flexibility index (Phi) is 4.13. The highest BCUT2D eigenvalue weighted by Crippen LogP contribution is 2.19. The van der Waals surface area contributed by atoms with Crippen LogP contribution in [0, 0.1) is 0 Å². The lowest BCUT2D eigenvalue weighted by molar-refractivity contribution is -0.120. The zero-order valence-electron chi connectivity index (χ0n) is 10.4. The molecule has 2 rings (SSSR count). The maximum absolute atomic E-state index is 12.5. The fourth-order valence-corrected chi connectivity index (χ4v) is 3.56. The Balaban J connectivity index is 2.33. The molecule has 0 saturated carbocycles. The lowest BCUT2D eigenvalue weighted by atomic mass is 10.3. The number of aromatic nitrogens is 1. The molecular formula is C11H16N4O3S. The van der Waals surface area contributed by atoms with Crippen molar-refractivity contribution >= 4 is 15.9 Å². The molecule has 7 nitrogen and oxygen atoms in total. The molecule has 1 amide bonds. The first-order valence-corrected chi connectivity index (χ1v) is 7.40. The van der Waals surface area contributed by atoms with Crippen LogP contribution >= 0.6 is 0 Å². The smallest absolute Gasteiger partial charge is 0.245 e. The van der Waals surface area contributed by atoms with Crippen LogP contribution in [0.1, 0.15) is 12.1 Å². The molecule has 1 saturated heterocycles. The van der Waals surface area contributed by atoms with Crippen molar-refractivity contribution in [3.8, 4) is 0 Å². The Hall–Kier alpha value is -1.51. The number of nitrogens with two attached hydrogens (primary N) is 1. The monoisotopic (exact) mass is 284 g/mol. The molecule has 1 aromatic rings. The van der Waals surface area contributed by atoms with E-state index in [2.05, 4.69) is 10.3 Å². The van der Waals surface area contributed by atoms with E-state index in [1.807, 2.05) is 0 Å². The van der Waals surface area contributed by atoms with Crippen molar-refractivity contribution in [3.63, 3.8) is 0 Å². The molecule has 1 aliphatic heterocycles. The number of rotatable bonds is 3. The van der Waals surface area contributed by atoms with Crippen LogP contribution in [-0.4, -0.2) is 43.2 Å². The number of hydrogen-bond acceptors (Lipinski definition) is 5. The van der Waals surface area contributed by atoms with Gasteiger partial charge in [0, 0.05) is 38.8 Å². The van der Waals surface area contributed by atoms with Gasteiger partial charge in [0.15, 0.2) is 0 Å². The predicted molar refractivity (Wildman–Crippen MR) is 68.5 cm³/mol. The Morgan fingerprint density at radius 3 is 2.95 bits per heavy atom. The normalized spacial score (nSPS) is 17.8. The van der Waals surface area contributed by atoms with E-state index < -0.39 is 10.0 Å². The second kappa shape index (κ2) is 5.64. The summed E-state index contributed by atoms with van der Waals surface area (Å²) in [7, 11) is -3.65. The number of carbonyl (C=O) groups excluding carboxylic acids is 1. The van der Waals surface area contributed by atoms with Gasteiger partial charge in [-0.3, -0.25) is 9.78 Å². The van der Waals surface area contributed by atoms with E-state index in [0.29, 0.717) is 12.2 Å². The average Bonchev–Trinajstić information content (AvgIpc) is 2.64. The minimum atomic E-state index is -3.65. The van der Waals surface area contributed by atoms with Crippen molar-refractivity contribution in [2.24, 2.45) is 5.73 Å². The summed E-state index contributed by atoms with van der Waals surface area (Å²) in [5, 5.41) is 2.64. The van der Waals surface area contributed by atoms with Crippen LogP contribution < -0.4 is 11.1 Å². The van der Waals surface area contributed by atoms with Crippen molar-refractivity contribution < 1.29 is 13.2 Å². The second-order valence-electron chi connectivity index (χ2n) is 4.16. The lowest BCUT2D eigenvalue weighted by Crippen LogP contribution is -2.35. The topological polar surface area (TPSA) is 105 Å². The molecule has 0 bridgehead atoms. The SMILES string of the molecule is NCc1ncccc1S(=O)(=O)N1CCNC(=O)CC1. The first kappa shape index (κ1) is 13.9. The number of pyridine rings is 1. The highest BCUT2D eigenvalue weighted by Gasteiger charge is 2.28. The number of hydrogen-bond donors (Lipinski definition) is 2. The molecule has 1 aromatic heterocycles. The maximum Gasteiger partial charge on any atom is 0.245 e. The number of amides is 1. The number of nitrogens with zero attached hydrogens (tertiary/aromatic N) is 2. The van der Waals surface area contributed by atoms with Gasteiger partial charge in [0.1, 0.15) is 4.90 Å². The summed E-state index contributed by atoms with van der Waals surface area (Å²) in [6.07, 6.45) is 1.67. The van der Waals surface area contributed by atoms with Crippen molar-refractivity contribution in [3.05, 3.63) is 24.0 Å². The van der Waals surface area contributed by atoms with Crippen LogP contribution in [0.3, 0.4) is 0 Å². The molecule has 0 aromatic carbocycles. The minimum absolute atomic E-state index is 0.0560. The number of nitrogens with one attached hydrogen (secondary N) is 1. The minimum Gasteiger partial charge on any atom is -0.355 e. The van der Waals surface area contributed by atoms with Gasteiger partial charge in [-0.25, -0.2) is 8.42 Å². The van der Waals surface area contributed by atoms with Crippen molar-refractivity contribution in [1.82, 2.24) is 14.6 Å². The predicted octanol–water partition coefficient (Wildman–Crippen LogP) is -0.949. The number of sulfonamides is 1. The van der Waals surface area contributed by atoms with Gasteiger partial charge in [0.2, 0.25) is 15.9 Å². The van der Waals surface area contributed by atoms with Crippen LogP contribution in [0.15, 0.2) is 23.2 Å². The van der Waals surface area contributed by atoms with E-state index in [4.69, 9.17) is 5.73 Å². The standard InChI is InChI=1S/C11H16N4O3S/c12-8-9-10(2-1-4-13-9)19(17,18)15-6-3-11(16)14-5-7-15/h1-2,4H,3,5-8,12H2,(H,14,16). The molecule has 0 atom stereocenters. The summed E-state index contributed by atoms with van der Waals surface area (Å²) in [5.74, 6) is -0.136. The Morgan fingerprint density at radius 1 is 1.42 bits per heavy atom. The van der Waals surface area contributed by atoms with E-state index >= 15 is 0 Å². The first-order valence-electron chi connectivity index (χ1n) is 5.96. The van der Waals surface area contributed by atoms with Crippen LogP contribution in [0.25, 0.3) is 0 Å². The molecule has 1 aliphatic rings. The Bertz CT molecular complexity index is 573. The average molecular weight is 284 g/mol. The quantitative estimate of drug-likeness (QED) is 0.744. The summed E-state index contributed by atoms with van der Waals surface area (Å²) in [4.78, 5) is 15.4. The maximum atomic E-state index is 12.5. The summed E-state index contributed by atoms with van der Waals surface area (Å²) in [5.41, 5.74) is 5.86. The van der Waals surface area contributed by atoms with Gasteiger partial charge in [-0.15, -0.1) is 0 Å². The zero-order chi connectivity index (χ0) is 13.9. The Morgan fingerprint density at radius 2 is 2.21 bits per heavy atom. The largest absolute Gasteiger partial charge is 0.355 e. The van der Waals surface area contributed by atoms with Gasteiger partial charge in [-0.2, -0.15) is 4.31 Å². The summed E-state index contributed by atoms with van der Waals surface area (Å²) in [6.45, 7) is 0.802. The molecule has 8 heteroatoms. The zero-order valence-corrected chi connectivity index (χ0v) is 11.2. The molecule has 3 N–H and O–H groups in total. The molecule has 1 fully saturated rings. The van der Waals surface area contributed by atoms with Crippen LogP contribution in [0.2, 0.25) is 0 Å². The number of carbonyl (C=O) groups is 1. The van der Waals surface area contributed by atoms with Crippen molar-refractivity contribution in [2.75, 3.05) is 19.6 Å². The molecule has 2 heterocycles. The molecule has 0 aliphatic carbocycles. The van der Waals surface area contributed by atoms with Gasteiger partial charge in [0.25, 0.3) is 0 Å².